The van der Waals surface area contributed by atoms with Crippen molar-refractivity contribution in [2.45, 2.75) is 51.7 Å². The molecule has 2 heteroatoms. The van der Waals surface area contributed by atoms with Crippen molar-refractivity contribution in [3.05, 3.63) is 70.8 Å². The Kier molecular flexibility index (Phi) is 6.06. The molecule has 0 saturated carbocycles. The van der Waals surface area contributed by atoms with Crippen LogP contribution >= 0.6 is 0 Å². The average molecular weight is 324 g/mol. The topological polar surface area (TPSA) is 18.5 Å². The molecular weight excluding hydrogens is 296 g/mol. The summed E-state index contributed by atoms with van der Waals surface area (Å²) in [6.45, 7) is 5.66. The lowest BCUT2D eigenvalue weighted by Crippen LogP contribution is -2.25. The van der Waals surface area contributed by atoms with Crippen molar-refractivity contribution in [2.24, 2.45) is 0 Å². The number of rotatable bonds is 6. The minimum absolute atomic E-state index is 0.0521. The highest BCUT2D eigenvalue weighted by Crippen LogP contribution is 2.30. The Labute approximate surface area is 145 Å². The van der Waals surface area contributed by atoms with Gasteiger partial charge in [-0.05, 0) is 35.1 Å². The van der Waals surface area contributed by atoms with Crippen molar-refractivity contribution >= 4 is 0 Å². The molecule has 0 spiro atoms. The first-order chi connectivity index (χ1) is 11.8. The molecule has 24 heavy (non-hydrogen) atoms. The number of hydrogen-bond acceptors (Lipinski definition) is 2. The molecule has 0 amide bonds. The quantitative estimate of drug-likeness (QED) is 0.706. The largest absolute Gasteiger partial charge is 0.368 e. The first kappa shape index (κ1) is 17.2. The zero-order valence-electron chi connectivity index (χ0n) is 14.8. The second-order valence-electron chi connectivity index (χ2n) is 6.63. The fourth-order valence-electron chi connectivity index (χ4n) is 3.26. The summed E-state index contributed by atoms with van der Waals surface area (Å²) < 4.78 is 12.2. The summed E-state index contributed by atoms with van der Waals surface area (Å²) in [5.41, 5.74) is 5.21. The van der Waals surface area contributed by atoms with Crippen LogP contribution in [0.5, 0.6) is 0 Å². The van der Waals surface area contributed by atoms with Gasteiger partial charge in [0.1, 0.15) is 12.2 Å². The van der Waals surface area contributed by atoms with E-state index in [1.807, 2.05) is 0 Å². The Balaban J connectivity index is 1.56. The first-order valence-electron chi connectivity index (χ1n) is 9.21. The third-order valence-corrected chi connectivity index (χ3v) is 4.68. The maximum Gasteiger partial charge on any atom is 0.106 e. The molecule has 1 aliphatic heterocycles. The molecule has 2 aromatic carbocycles. The molecule has 3 rings (SSSR count). The standard InChI is InChI=1S/C22H28O2/c1-3-5-17-7-11-19(12-8-17)21-15-24-22(16-23-21)20-13-9-18(6-4-2)10-14-20/h7-14,21-22H,3-6,15-16H2,1-2H3/t21-,22+. The molecule has 1 saturated heterocycles. The summed E-state index contributed by atoms with van der Waals surface area (Å²) >= 11 is 0. The van der Waals surface area contributed by atoms with E-state index < -0.39 is 0 Å². The maximum atomic E-state index is 6.08. The lowest BCUT2D eigenvalue weighted by atomic mass is 10.0. The second-order valence-corrected chi connectivity index (χ2v) is 6.63. The Morgan fingerprint density at radius 3 is 1.33 bits per heavy atom. The van der Waals surface area contributed by atoms with Gasteiger partial charge in [-0.1, -0.05) is 75.2 Å². The molecule has 1 heterocycles. The predicted molar refractivity (Wildman–Crippen MR) is 98.3 cm³/mol. The Morgan fingerprint density at radius 1 is 0.667 bits per heavy atom. The number of benzene rings is 2. The monoisotopic (exact) mass is 324 g/mol. The van der Waals surface area contributed by atoms with E-state index in [0.29, 0.717) is 13.2 Å². The molecule has 0 bridgehead atoms. The van der Waals surface area contributed by atoms with E-state index in [2.05, 4.69) is 62.4 Å². The van der Waals surface area contributed by atoms with Crippen LogP contribution in [0.15, 0.2) is 48.5 Å². The SMILES string of the molecule is CCCc1ccc([C@@H]2CO[C@@H](c3ccc(CCC)cc3)CO2)cc1. The molecule has 2 nitrogen and oxygen atoms in total. The van der Waals surface area contributed by atoms with Crippen molar-refractivity contribution in [1.29, 1.82) is 0 Å². The van der Waals surface area contributed by atoms with Gasteiger partial charge in [0.2, 0.25) is 0 Å². The third-order valence-electron chi connectivity index (χ3n) is 4.68. The van der Waals surface area contributed by atoms with E-state index in [0.717, 1.165) is 12.8 Å². The van der Waals surface area contributed by atoms with Crippen molar-refractivity contribution in [2.75, 3.05) is 13.2 Å². The van der Waals surface area contributed by atoms with E-state index in [1.165, 1.54) is 35.1 Å². The first-order valence-corrected chi connectivity index (χ1v) is 9.21. The van der Waals surface area contributed by atoms with Crippen LogP contribution in [0, 0.1) is 0 Å². The van der Waals surface area contributed by atoms with Crippen molar-refractivity contribution in [1.82, 2.24) is 0 Å². The smallest absolute Gasteiger partial charge is 0.106 e. The number of hydrogen-bond donors (Lipinski definition) is 0. The third kappa shape index (κ3) is 4.25. The zero-order valence-corrected chi connectivity index (χ0v) is 14.8. The van der Waals surface area contributed by atoms with Gasteiger partial charge in [-0.3, -0.25) is 0 Å². The minimum atomic E-state index is 0.0521. The number of ether oxygens (including phenoxy) is 2. The molecule has 1 fully saturated rings. The lowest BCUT2D eigenvalue weighted by Gasteiger charge is -2.30. The Hall–Kier alpha value is -1.64. The molecule has 0 aliphatic carbocycles. The van der Waals surface area contributed by atoms with Gasteiger partial charge in [0.15, 0.2) is 0 Å². The second kappa shape index (κ2) is 8.46. The van der Waals surface area contributed by atoms with E-state index in [1.54, 1.807) is 0 Å². The fraction of sp³-hybridized carbons (Fsp3) is 0.455. The van der Waals surface area contributed by atoms with Crippen molar-refractivity contribution in [3.63, 3.8) is 0 Å². The van der Waals surface area contributed by atoms with Crippen LogP contribution in [0.2, 0.25) is 0 Å². The highest BCUT2D eigenvalue weighted by molar-refractivity contribution is 5.26. The summed E-state index contributed by atoms with van der Waals surface area (Å²) in [6.07, 6.45) is 4.74. The normalized spacial score (nSPS) is 20.9. The van der Waals surface area contributed by atoms with E-state index in [-0.39, 0.29) is 12.2 Å². The minimum Gasteiger partial charge on any atom is -0.368 e. The molecular formula is C22H28O2. The maximum absolute atomic E-state index is 6.08. The molecule has 2 atom stereocenters. The average Bonchev–Trinajstić information content (AvgIpc) is 2.64. The van der Waals surface area contributed by atoms with Gasteiger partial charge in [0.05, 0.1) is 13.2 Å². The van der Waals surface area contributed by atoms with Crippen LogP contribution in [0.25, 0.3) is 0 Å². The Bertz CT molecular complexity index is 550. The molecule has 128 valence electrons. The van der Waals surface area contributed by atoms with E-state index >= 15 is 0 Å². The molecule has 0 unspecified atom stereocenters. The van der Waals surface area contributed by atoms with Gasteiger partial charge in [-0.25, -0.2) is 0 Å². The van der Waals surface area contributed by atoms with Gasteiger partial charge >= 0.3 is 0 Å². The predicted octanol–water partition coefficient (Wildman–Crippen LogP) is 5.42. The Morgan fingerprint density at radius 2 is 1.04 bits per heavy atom. The van der Waals surface area contributed by atoms with E-state index in [4.69, 9.17) is 9.47 Å². The molecule has 0 N–H and O–H groups in total. The van der Waals surface area contributed by atoms with Crippen molar-refractivity contribution in [3.8, 4) is 0 Å². The summed E-state index contributed by atoms with van der Waals surface area (Å²) in [6, 6.07) is 17.6. The van der Waals surface area contributed by atoms with Gasteiger partial charge in [0.25, 0.3) is 0 Å². The molecule has 0 radical (unpaired) electrons. The summed E-state index contributed by atoms with van der Waals surface area (Å²) in [5, 5.41) is 0. The van der Waals surface area contributed by atoms with Crippen LogP contribution in [-0.2, 0) is 22.3 Å². The molecule has 1 aliphatic rings. The van der Waals surface area contributed by atoms with E-state index in [9.17, 15) is 0 Å². The summed E-state index contributed by atoms with van der Waals surface area (Å²) in [7, 11) is 0. The highest BCUT2D eigenvalue weighted by atomic mass is 16.6. The van der Waals surface area contributed by atoms with Crippen molar-refractivity contribution < 1.29 is 9.47 Å². The van der Waals surface area contributed by atoms with Gasteiger partial charge in [-0.15, -0.1) is 0 Å². The van der Waals surface area contributed by atoms with Gasteiger partial charge in [-0.2, -0.15) is 0 Å². The van der Waals surface area contributed by atoms with Gasteiger partial charge in [0, 0.05) is 0 Å². The lowest BCUT2D eigenvalue weighted by molar-refractivity contribution is -0.137. The van der Waals surface area contributed by atoms with Crippen LogP contribution < -0.4 is 0 Å². The van der Waals surface area contributed by atoms with Gasteiger partial charge < -0.3 is 9.47 Å². The summed E-state index contributed by atoms with van der Waals surface area (Å²) in [4.78, 5) is 0. The van der Waals surface area contributed by atoms with Crippen LogP contribution in [-0.4, -0.2) is 13.2 Å². The van der Waals surface area contributed by atoms with Crippen LogP contribution in [0.3, 0.4) is 0 Å². The number of aryl methyl sites for hydroxylation is 2. The van der Waals surface area contributed by atoms with Crippen LogP contribution in [0.1, 0.15) is 61.2 Å². The highest BCUT2D eigenvalue weighted by Gasteiger charge is 2.24. The molecule has 0 aromatic heterocycles. The molecule has 2 aromatic rings. The zero-order chi connectivity index (χ0) is 16.8. The fourth-order valence-corrected chi connectivity index (χ4v) is 3.26. The van der Waals surface area contributed by atoms with Crippen LogP contribution in [0.4, 0.5) is 0 Å². The summed E-state index contributed by atoms with van der Waals surface area (Å²) in [5.74, 6) is 0.